The Morgan fingerprint density at radius 1 is 0.857 bits per heavy atom. The molecule has 0 saturated heterocycles. The molecule has 0 aliphatic carbocycles. The molecule has 0 aromatic heterocycles. The Morgan fingerprint density at radius 3 is 1.71 bits per heavy atom. The van der Waals surface area contributed by atoms with E-state index in [0.29, 0.717) is 0 Å². The zero-order chi connectivity index (χ0) is 15.1. The predicted molar refractivity (Wildman–Crippen MR) is 71.0 cm³/mol. The summed E-state index contributed by atoms with van der Waals surface area (Å²) in [5.41, 5.74) is -0.606. The van der Waals surface area contributed by atoms with Crippen LogP contribution in [-0.4, -0.2) is 13.3 Å². The number of hydrogen-bond acceptors (Lipinski definition) is 3. The first-order valence-electron chi connectivity index (χ1n) is 6.22. The smallest absolute Gasteiger partial charge is 0.442 e. The van der Waals surface area contributed by atoms with Gasteiger partial charge in [-0.1, -0.05) is 36.4 Å². The van der Waals surface area contributed by atoms with Gasteiger partial charge in [-0.05, 0) is 23.3 Å². The molecule has 0 N–H and O–H groups in total. The zero-order valence-corrected chi connectivity index (χ0v) is 11.1. The maximum absolute atomic E-state index is 12.9. The van der Waals surface area contributed by atoms with Crippen molar-refractivity contribution >= 4 is 0 Å². The second-order valence-electron chi connectivity index (χ2n) is 4.68. The van der Waals surface area contributed by atoms with E-state index in [9.17, 15) is 13.2 Å². The Labute approximate surface area is 119 Å². The molecule has 1 aliphatic rings. The summed E-state index contributed by atoms with van der Waals surface area (Å²) in [6.07, 6.45) is -4.49. The molecule has 108 valence electrons. The zero-order valence-electron chi connectivity index (χ0n) is 11.1. The number of alkyl halides is 3. The van der Waals surface area contributed by atoms with E-state index in [1.54, 1.807) is 31.4 Å². The van der Waals surface area contributed by atoms with Crippen molar-refractivity contribution in [2.75, 3.05) is 7.11 Å². The van der Waals surface area contributed by atoms with Gasteiger partial charge in [-0.3, -0.25) is 0 Å². The molecular formula is C15H11F3N2O. The van der Waals surface area contributed by atoms with Crippen LogP contribution in [0.3, 0.4) is 0 Å². The number of methoxy groups -OCH3 is 1. The quantitative estimate of drug-likeness (QED) is 0.817. The van der Waals surface area contributed by atoms with Gasteiger partial charge in [0.05, 0.1) is 7.11 Å². The molecule has 0 radical (unpaired) electrons. The average Bonchev–Trinajstić information content (AvgIpc) is 3.29. The van der Waals surface area contributed by atoms with Gasteiger partial charge >= 0.3 is 11.8 Å². The summed E-state index contributed by atoms with van der Waals surface area (Å²) in [6, 6.07) is 13.4. The van der Waals surface area contributed by atoms with Gasteiger partial charge in [-0.15, -0.1) is 10.2 Å². The van der Waals surface area contributed by atoms with E-state index in [2.05, 4.69) is 10.2 Å². The SMILES string of the molecule is COc1ccc(-c2ccc(C3(C(F)(F)F)N=N3)cc2)cc1. The summed E-state index contributed by atoms with van der Waals surface area (Å²) < 4.78 is 43.7. The fraction of sp³-hybridized carbons (Fsp3) is 0.200. The van der Waals surface area contributed by atoms with Crippen LogP contribution in [0.15, 0.2) is 58.8 Å². The van der Waals surface area contributed by atoms with E-state index in [0.717, 1.165) is 16.9 Å². The van der Waals surface area contributed by atoms with Gasteiger partial charge in [0.2, 0.25) is 0 Å². The lowest BCUT2D eigenvalue weighted by Crippen LogP contribution is -2.29. The molecule has 0 amide bonds. The maximum Gasteiger partial charge on any atom is 0.442 e. The highest BCUT2D eigenvalue weighted by Gasteiger charge is 2.65. The molecule has 0 atom stereocenters. The van der Waals surface area contributed by atoms with Gasteiger partial charge in [0.1, 0.15) is 5.75 Å². The van der Waals surface area contributed by atoms with Crippen molar-refractivity contribution in [2.45, 2.75) is 11.8 Å². The third-order valence-electron chi connectivity index (χ3n) is 3.41. The standard InChI is InChI=1S/C15H11F3N2O/c1-21-13-8-4-11(5-9-13)10-2-6-12(7-3-10)14(19-20-14)15(16,17)18/h2-9H,1H3. The molecule has 0 fully saturated rings. The number of rotatable bonds is 3. The van der Waals surface area contributed by atoms with Crippen LogP contribution in [0.25, 0.3) is 11.1 Å². The Balaban J connectivity index is 1.87. The summed E-state index contributed by atoms with van der Waals surface area (Å²) >= 11 is 0. The molecule has 0 bridgehead atoms. The van der Waals surface area contributed by atoms with E-state index in [-0.39, 0.29) is 5.56 Å². The maximum atomic E-state index is 12.9. The van der Waals surface area contributed by atoms with Crippen molar-refractivity contribution in [2.24, 2.45) is 10.2 Å². The second-order valence-corrected chi connectivity index (χ2v) is 4.68. The van der Waals surface area contributed by atoms with Crippen molar-refractivity contribution in [3.8, 4) is 16.9 Å². The van der Waals surface area contributed by atoms with Gasteiger partial charge in [0.25, 0.3) is 0 Å². The van der Waals surface area contributed by atoms with Crippen molar-refractivity contribution in [1.29, 1.82) is 0 Å². The van der Waals surface area contributed by atoms with Crippen molar-refractivity contribution < 1.29 is 17.9 Å². The summed E-state index contributed by atoms with van der Waals surface area (Å²) in [4.78, 5) is 0. The van der Waals surface area contributed by atoms with E-state index in [1.165, 1.54) is 12.1 Å². The highest BCUT2D eigenvalue weighted by atomic mass is 19.4. The van der Waals surface area contributed by atoms with Gasteiger partial charge in [-0.25, -0.2) is 0 Å². The molecule has 0 saturated carbocycles. The first-order valence-corrected chi connectivity index (χ1v) is 6.22. The third kappa shape index (κ3) is 2.26. The minimum atomic E-state index is -4.49. The van der Waals surface area contributed by atoms with Crippen molar-refractivity contribution in [3.05, 3.63) is 54.1 Å². The molecular weight excluding hydrogens is 281 g/mol. The molecule has 2 aromatic carbocycles. The van der Waals surface area contributed by atoms with Crippen molar-refractivity contribution in [3.63, 3.8) is 0 Å². The van der Waals surface area contributed by atoms with Gasteiger partial charge in [0.15, 0.2) is 0 Å². The molecule has 1 heterocycles. The number of halogens is 3. The van der Waals surface area contributed by atoms with E-state index in [4.69, 9.17) is 4.74 Å². The van der Waals surface area contributed by atoms with E-state index in [1.807, 2.05) is 12.1 Å². The molecule has 0 unspecified atom stereocenters. The number of benzene rings is 2. The first kappa shape index (κ1) is 13.6. The largest absolute Gasteiger partial charge is 0.497 e. The molecule has 1 aliphatic heterocycles. The predicted octanol–water partition coefficient (Wildman–Crippen LogP) is 4.54. The Morgan fingerprint density at radius 2 is 1.33 bits per heavy atom. The fourth-order valence-corrected chi connectivity index (χ4v) is 2.12. The van der Waals surface area contributed by atoms with E-state index < -0.39 is 11.8 Å². The normalized spacial score (nSPS) is 15.8. The van der Waals surface area contributed by atoms with Crippen LogP contribution in [0.1, 0.15) is 5.56 Å². The van der Waals surface area contributed by atoms with Gasteiger partial charge in [-0.2, -0.15) is 13.2 Å². The lowest BCUT2D eigenvalue weighted by atomic mass is 9.98. The molecule has 21 heavy (non-hydrogen) atoms. The summed E-state index contributed by atoms with van der Waals surface area (Å²) in [5.74, 6) is 0.724. The molecule has 0 spiro atoms. The van der Waals surface area contributed by atoms with Gasteiger partial charge in [0, 0.05) is 5.56 Å². The monoisotopic (exact) mass is 292 g/mol. The molecule has 6 heteroatoms. The average molecular weight is 292 g/mol. The molecule has 3 rings (SSSR count). The topological polar surface area (TPSA) is 34.0 Å². The van der Waals surface area contributed by atoms with Crippen molar-refractivity contribution in [1.82, 2.24) is 0 Å². The Bertz CT molecular complexity index is 670. The minimum Gasteiger partial charge on any atom is -0.497 e. The minimum absolute atomic E-state index is 0.0345. The fourth-order valence-electron chi connectivity index (χ4n) is 2.12. The second kappa shape index (κ2) is 4.58. The van der Waals surface area contributed by atoms with E-state index >= 15 is 0 Å². The molecule has 2 aromatic rings. The summed E-state index contributed by atoms with van der Waals surface area (Å²) in [5, 5.41) is 6.37. The summed E-state index contributed by atoms with van der Waals surface area (Å²) in [7, 11) is 1.57. The van der Waals surface area contributed by atoms with Crippen LogP contribution in [0.5, 0.6) is 5.75 Å². The van der Waals surface area contributed by atoms with Crippen LogP contribution in [-0.2, 0) is 5.66 Å². The highest BCUT2D eigenvalue weighted by molar-refractivity contribution is 5.64. The Hall–Kier alpha value is -2.37. The van der Waals surface area contributed by atoms with Gasteiger partial charge < -0.3 is 4.74 Å². The summed E-state index contributed by atoms with van der Waals surface area (Å²) in [6.45, 7) is 0. The lowest BCUT2D eigenvalue weighted by Gasteiger charge is -2.15. The highest BCUT2D eigenvalue weighted by Crippen LogP contribution is 2.52. The number of nitrogens with zero attached hydrogens (tertiary/aromatic N) is 2. The van der Waals surface area contributed by atoms with Crippen LogP contribution in [0, 0.1) is 0 Å². The van der Waals surface area contributed by atoms with Crippen LogP contribution >= 0.6 is 0 Å². The Kier molecular flexibility index (Phi) is 2.97. The first-order chi connectivity index (χ1) is 9.96. The van der Waals surface area contributed by atoms with Crippen LogP contribution < -0.4 is 4.74 Å². The van der Waals surface area contributed by atoms with Crippen LogP contribution in [0.2, 0.25) is 0 Å². The lowest BCUT2D eigenvalue weighted by molar-refractivity contribution is -0.166. The third-order valence-corrected chi connectivity index (χ3v) is 3.41. The number of hydrogen-bond donors (Lipinski definition) is 0. The van der Waals surface area contributed by atoms with Crippen LogP contribution in [0.4, 0.5) is 13.2 Å². The number of ether oxygens (including phenoxy) is 1. The molecule has 3 nitrogen and oxygen atoms in total.